The van der Waals surface area contributed by atoms with Gasteiger partial charge in [-0.25, -0.2) is 4.39 Å². The summed E-state index contributed by atoms with van der Waals surface area (Å²) in [6.07, 6.45) is 5.03. The molecule has 0 unspecified atom stereocenters. The highest BCUT2D eigenvalue weighted by atomic mass is 19.1. The molecule has 1 amide bonds. The number of ether oxygens (including phenoxy) is 1. The van der Waals surface area contributed by atoms with Crippen LogP contribution < -0.4 is 10.1 Å². The average Bonchev–Trinajstić information content (AvgIpc) is 3.35. The topological polar surface area (TPSA) is 82.2 Å². The summed E-state index contributed by atoms with van der Waals surface area (Å²) in [5.41, 5.74) is 3.31. The molecule has 8 heteroatoms. The van der Waals surface area contributed by atoms with Crippen molar-refractivity contribution in [3.05, 3.63) is 83.8 Å². The number of aryl methyl sites for hydroxylation is 2. The van der Waals surface area contributed by atoms with Crippen LogP contribution >= 0.6 is 0 Å². The van der Waals surface area contributed by atoms with Gasteiger partial charge in [0, 0.05) is 18.8 Å². The monoisotopic (exact) mass is 406 g/mol. The number of nitrogens with zero attached hydrogens (tertiary/aromatic N) is 3. The van der Waals surface area contributed by atoms with E-state index in [2.05, 4.69) is 15.6 Å². The number of carbonyl (C=O) groups excluding carboxylic acids is 1. The SMILES string of the molecule is Cc1oncc1NC(=O)c1cc(-c2cnn(C)c2)ccc1OCc1ccc(F)cc1. The Hall–Kier alpha value is -3.94. The third-order valence-corrected chi connectivity index (χ3v) is 4.57. The minimum atomic E-state index is -0.360. The molecule has 4 aromatic rings. The third-order valence-electron chi connectivity index (χ3n) is 4.57. The lowest BCUT2D eigenvalue weighted by Crippen LogP contribution is -2.14. The summed E-state index contributed by atoms with van der Waals surface area (Å²) in [6, 6.07) is 11.4. The van der Waals surface area contributed by atoms with E-state index in [1.807, 2.05) is 19.3 Å². The summed E-state index contributed by atoms with van der Waals surface area (Å²) in [5.74, 6) is 0.226. The number of anilines is 1. The lowest BCUT2D eigenvalue weighted by Gasteiger charge is -2.13. The Morgan fingerprint density at radius 2 is 1.97 bits per heavy atom. The lowest BCUT2D eigenvalue weighted by atomic mass is 10.0. The molecule has 0 aliphatic heterocycles. The molecule has 0 atom stereocenters. The molecule has 0 aliphatic carbocycles. The van der Waals surface area contributed by atoms with Crippen LogP contribution in [0.25, 0.3) is 11.1 Å². The van der Waals surface area contributed by atoms with Crippen molar-refractivity contribution in [2.75, 3.05) is 5.32 Å². The van der Waals surface area contributed by atoms with Crippen molar-refractivity contribution in [3.63, 3.8) is 0 Å². The van der Waals surface area contributed by atoms with E-state index in [1.54, 1.807) is 42.1 Å². The summed E-state index contributed by atoms with van der Waals surface area (Å²) in [4.78, 5) is 13.0. The van der Waals surface area contributed by atoms with Crippen LogP contribution in [0.2, 0.25) is 0 Å². The minimum Gasteiger partial charge on any atom is -0.488 e. The zero-order valence-electron chi connectivity index (χ0n) is 16.4. The molecule has 2 aromatic carbocycles. The van der Waals surface area contributed by atoms with Gasteiger partial charge in [-0.2, -0.15) is 5.10 Å². The Morgan fingerprint density at radius 3 is 2.63 bits per heavy atom. The smallest absolute Gasteiger partial charge is 0.259 e. The van der Waals surface area contributed by atoms with Crippen molar-refractivity contribution < 1.29 is 18.4 Å². The van der Waals surface area contributed by atoms with Gasteiger partial charge in [0.15, 0.2) is 5.76 Å². The fraction of sp³-hybridized carbons (Fsp3) is 0.136. The second-order valence-electron chi connectivity index (χ2n) is 6.78. The van der Waals surface area contributed by atoms with Crippen molar-refractivity contribution >= 4 is 11.6 Å². The quantitative estimate of drug-likeness (QED) is 0.515. The van der Waals surface area contributed by atoms with Gasteiger partial charge in [-0.3, -0.25) is 9.48 Å². The Balaban J connectivity index is 1.64. The number of benzene rings is 2. The number of halogens is 1. The van der Waals surface area contributed by atoms with E-state index in [1.165, 1.54) is 18.3 Å². The maximum atomic E-state index is 13.1. The Morgan fingerprint density at radius 1 is 1.17 bits per heavy atom. The second-order valence-corrected chi connectivity index (χ2v) is 6.78. The molecule has 0 aliphatic rings. The van der Waals surface area contributed by atoms with Crippen LogP contribution in [0.1, 0.15) is 21.7 Å². The van der Waals surface area contributed by atoms with E-state index >= 15 is 0 Å². The van der Waals surface area contributed by atoms with E-state index in [0.717, 1.165) is 16.7 Å². The van der Waals surface area contributed by atoms with Crippen LogP contribution in [-0.2, 0) is 13.7 Å². The zero-order valence-corrected chi connectivity index (χ0v) is 16.4. The Kier molecular flexibility index (Phi) is 5.30. The predicted molar refractivity (Wildman–Crippen MR) is 109 cm³/mol. The van der Waals surface area contributed by atoms with Crippen LogP contribution in [0.4, 0.5) is 10.1 Å². The molecule has 7 nitrogen and oxygen atoms in total. The van der Waals surface area contributed by atoms with E-state index in [0.29, 0.717) is 22.8 Å². The van der Waals surface area contributed by atoms with Gasteiger partial charge in [-0.15, -0.1) is 0 Å². The first-order chi connectivity index (χ1) is 14.5. The van der Waals surface area contributed by atoms with Gasteiger partial charge >= 0.3 is 0 Å². The Bertz CT molecular complexity index is 1180. The molecule has 1 N–H and O–H groups in total. The van der Waals surface area contributed by atoms with Gasteiger partial charge in [0.1, 0.15) is 23.9 Å². The minimum absolute atomic E-state index is 0.194. The second kappa shape index (κ2) is 8.20. The number of nitrogens with one attached hydrogen (secondary N) is 1. The number of aromatic nitrogens is 3. The molecule has 0 saturated carbocycles. The molecule has 152 valence electrons. The van der Waals surface area contributed by atoms with Crippen LogP contribution in [0.5, 0.6) is 5.75 Å². The van der Waals surface area contributed by atoms with Gasteiger partial charge in [0.25, 0.3) is 5.91 Å². The maximum absolute atomic E-state index is 13.1. The fourth-order valence-electron chi connectivity index (χ4n) is 2.93. The van der Waals surface area contributed by atoms with Gasteiger partial charge < -0.3 is 14.6 Å². The standard InChI is InChI=1S/C22H19FN4O3/c1-14-20(11-25-30-14)26-22(28)19-9-16(17-10-24-27(2)12-17)5-8-21(19)29-13-15-3-6-18(23)7-4-15/h3-12H,13H2,1-2H3,(H,26,28). The first kappa shape index (κ1) is 19.4. The number of hydrogen-bond acceptors (Lipinski definition) is 5. The summed E-state index contributed by atoms with van der Waals surface area (Å²) >= 11 is 0. The first-order valence-corrected chi connectivity index (χ1v) is 9.22. The van der Waals surface area contributed by atoms with Gasteiger partial charge in [0.2, 0.25) is 0 Å². The highest BCUT2D eigenvalue weighted by molar-refractivity contribution is 6.07. The summed E-state index contributed by atoms with van der Waals surface area (Å²) in [7, 11) is 1.83. The van der Waals surface area contributed by atoms with Gasteiger partial charge in [-0.05, 0) is 42.3 Å². The van der Waals surface area contributed by atoms with Crippen LogP contribution in [0.3, 0.4) is 0 Å². The normalized spacial score (nSPS) is 10.8. The van der Waals surface area contributed by atoms with Crippen molar-refractivity contribution in [3.8, 4) is 16.9 Å². The van der Waals surface area contributed by atoms with Crippen molar-refractivity contribution in [1.82, 2.24) is 14.9 Å². The van der Waals surface area contributed by atoms with E-state index in [4.69, 9.17) is 9.26 Å². The summed E-state index contributed by atoms with van der Waals surface area (Å²) in [6.45, 7) is 1.90. The highest BCUT2D eigenvalue weighted by Crippen LogP contribution is 2.28. The number of amides is 1. The largest absolute Gasteiger partial charge is 0.488 e. The van der Waals surface area contributed by atoms with E-state index in [9.17, 15) is 9.18 Å². The molecule has 2 heterocycles. The number of rotatable bonds is 6. The van der Waals surface area contributed by atoms with Crippen LogP contribution in [0.15, 0.2) is 65.6 Å². The molecule has 4 rings (SSSR count). The first-order valence-electron chi connectivity index (χ1n) is 9.22. The molecule has 2 aromatic heterocycles. The van der Waals surface area contributed by atoms with Crippen molar-refractivity contribution in [2.24, 2.45) is 7.05 Å². The third kappa shape index (κ3) is 4.22. The molecule has 0 fully saturated rings. The molecule has 0 spiro atoms. The van der Waals surface area contributed by atoms with E-state index < -0.39 is 0 Å². The summed E-state index contributed by atoms with van der Waals surface area (Å²) in [5, 5.41) is 10.6. The lowest BCUT2D eigenvalue weighted by molar-refractivity contribution is 0.102. The summed E-state index contributed by atoms with van der Waals surface area (Å²) < 4.78 is 25.7. The van der Waals surface area contributed by atoms with Crippen molar-refractivity contribution in [2.45, 2.75) is 13.5 Å². The predicted octanol–water partition coefficient (Wildman–Crippen LogP) is 4.35. The van der Waals surface area contributed by atoms with Crippen LogP contribution in [-0.4, -0.2) is 20.8 Å². The van der Waals surface area contributed by atoms with Gasteiger partial charge in [0.05, 0.1) is 18.0 Å². The van der Waals surface area contributed by atoms with E-state index in [-0.39, 0.29) is 18.3 Å². The zero-order chi connectivity index (χ0) is 21.1. The molecule has 0 radical (unpaired) electrons. The Labute approximate surface area is 172 Å². The molecule has 30 heavy (non-hydrogen) atoms. The maximum Gasteiger partial charge on any atom is 0.259 e. The van der Waals surface area contributed by atoms with Gasteiger partial charge in [-0.1, -0.05) is 23.4 Å². The molecular formula is C22H19FN4O3. The molecule has 0 saturated heterocycles. The number of hydrogen-bond donors (Lipinski definition) is 1. The molecule has 0 bridgehead atoms. The number of carbonyl (C=O) groups is 1. The van der Waals surface area contributed by atoms with Crippen LogP contribution in [0, 0.1) is 12.7 Å². The molecular weight excluding hydrogens is 387 g/mol. The average molecular weight is 406 g/mol. The fourth-order valence-corrected chi connectivity index (χ4v) is 2.93. The highest BCUT2D eigenvalue weighted by Gasteiger charge is 2.17. The van der Waals surface area contributed by atoms with Crippen molar-refractivity contribution in [1.29, 1.82) is 0 Å².